The van der Waals surface area contributed by atoms with Crippen LogP contribution in [0.5, 0.6) is 11.5 Å². The number of benzene rings is 3. The highest BCUT2D eigenvalue weighted by Gasteiger charge is 2.45. The van der Waals surface area contributed by atoms with Gasteiger partial charge in [-0.05, 0) is 47.9 Å². The van der Waals surface area contributed by atoms with E-state index in [1.165, 1.54) is 40.9 Å². The second-order valence-electron chi connectivity index (χ2n) is 8.84. The van der Waals surface area contributed by atoms with Crippen LogP contribution in [0.4, 0.5) is 9.52 Å². The molecule has 1 aromatic heterocycles. The van der Waals surface area contributed by atoms with Gasteiger partial charge in [-0.2, -0.15) is 0 Å². The number of aromatic nitrogens is 2. The molecule has 3 aromatic carbocycles. The van der Waals surface area contributed by atoms with Crippen molar-refractivity contribution in [1.82, 2.24) is 10.2 Å². The first kappa shape index (κ1) is 28.1. The minimum atomic E-state index is -1.08. The molecule has 1 amide bonds. The van der Waals surface area contributed by atoms with Crippen LogP contribution in [0.1, 0.15) is 29.7 Å². The number of ketones is 1. The number of halogens is 1. The Morgan fingerprint density at radius 1 is 1.10 bits per heavy atom. The van der Waals surface area contributed by atoms with Crippen LogP contribution in [0.15, 0.2) is 94.5 Å². The second-order valence-corrected chi connectivity index (χ2v) is 11.0. The quantitative estimate of drug-likeness (QED) is 0.127. The van der Waals surface area contributed by atoms with Gasteiger partial charge in [-0.25, -0.2) is 4.39 Å². The number of allylic oxidation sites excluding steroid dienone is 1. The van der Waals surface area contributed by atoms with E-state index in [0.29, 0.717) is 21.2 Å². The molecule has 8 nitrogen and oxygen atoms in total. The third kappa shape index (κ3) is 6.01. The molecule has 4 aromatic rings. The number of thioether (sulfide) groups is 1. The molecule has 5 rings (SSSR count). The van der Waals surface area contributed by atoms with Crippen LogP contribution < -0.4 is 9.64 Å². The van der Waals surface area contributed by atoms with Gasteiger partial charge in [0, 0.05) is 5.75 Å². The number of carbonyl (C=O) groups excluding carboxylic acids is 2. The molecule has 1 unspecified atom stereocenters. The molecule has 1 aliphatic rings. The number of hydrogen-bond donors (Lipinski definition) is 2. The van der Waals surface area contributed by atoms with Crippen LogP contribution in [-0.2, 0) is 15.3 Å². The van der Waals surface area contributed by atoms with Gasteiger partial charge in [-0.15, -0.1) is 10.2 Å². The summed E-state index contributed by atoms with van der Waals surface area (Å²) >= 11 is 2.33. The summed E-state index contributed by atoms with van der Waals surface area (Å²) in [5.74, 6) is -2.09. The normalized spacial score (nSPS) is 15.2. The summed E-state index contributed by atoms with van der Waals surface area (Å²) in [6, 6.07) is 18.9. The summed E-state index contributed by atoms with van der Waals surface area (Å²) in [5, 5.41) is 29.7. The van der Waals surface area contributed by atoms with E-state index in [9.17, 15) is 24.2 Å². The molecule has 0 spiro atoms. The molecule has 1 atom stereocenters. The number of nitrogens with zero attached hydrogens (tertiary/aromatic N) is 3. The van der Waals surface area contributed by atoms with Crippen LogP contribution >= 0.6 is 23.1 Å². The van der Waals surface area contributed by atoms with E-state index in [1.54, 1.807) is 37.3 Å². The molecule has 41 heavy (non-hydrogen) atoms. The Bertz CT molecular complexity index is 1650. The number of carbonyl (C=O) groups is 2. The molecule has 0 bridgehead atoms. The van der Waals surface area contributed by atoms with E-state index < -0.39 is 23.5 Å². The second kappa shape index (κ2) is 12.4. The Labute approximate surface area is 243 Å². The lowest BCUT2D eigenvalue weighted by Gasteiger charge is -2.24. The van der Waals surface area contributed by atoms with Crippen molar-refractivity contribution in [3.63, 3.8) is 0 Å². The maximum atomic E-state index is 14.1. The fourth-order valence-corrected chi connectivity index (χ4v) is 6.13. The van der Waals surface area contributed by atoms with Crippen molar-refractivity contribution in [1.29, 1.82) is 0 Å². The summed E-state index contributed by atoms with van der Waals surface area (Å²) in [5.41, 5.74) is 1.53. The number of ether oxygens (including phenoxy) is 1. The van der Waals surface area contributed by atoms with Gasteiger partial charge in [-0.3, -0.25) is 14.5 Å². The first-order valence-corrected chi connectivity index (χ1v) is 14.4. The third-order valence-corrected chi connectivity index (χ3v) is 8.32. The van der Waals surface area contributed by atoms with Gasteiger partial charge in [0.25, 0.3) is 5.91 Å². The van der Waals surface area contributed by atoms with Gasteiger partial charge in [0.15, 0.2) is 27.4 Å². The smallest absolute Gasteiger partial charge is 0.296 e. The first-order chi connectivity index (χ1) is 19.9. The van der Waals surface area contributed by atoms with E-state index in [4.69, 9.17) is 4.74 Å². The van der Waals surface area contributed by atoms with Crippen LogP contribution in [0.25, 0.3) is 6.08 Å². The molecule has 208 valence electrons. The largest absolute Gasteiger partial charge is 0.504 e. The Kier molecular flexibility index (Phi) is 8.46. The van der Waals surface area contributed by atoms with Crippen molar-refractivity contribution in [2.45, 2.75) is 23.1 Å². The van der Waals surface area contributed by atoms with E-state index in [1.807, 2.05) is 30.3 Å². The summed E-state index contributed by atoms with van der Waals surface area (Å²) in [4.78, 5) is 28.1. The van der Waals surface area contributed by atoms with Crippen molar-refractivity contribution in [2.75, 3.05) is 11.5 Å². The lowest BCUT2D eigenvalue weighted by molar-refractivity contribution is -0.117. The average molecular weight is 590 g/mol. The number of phenolic OH excluding ortho intramolecular Hbond substituents is 1. The fourth-order valence-electron chi connectivity index (χ4n) is 4.28. The molecular weight excluding hydrogens is 565 g/mol. The SMILES string of the molecule is CCOc1cc(C2C(C(=O)/C=C/c3ccccc3)=C(O)C(=O)N2c2nnc(SCc3ccccc3F)s2)ccc1O. The molecule has 2 N–H and O–H groups in total. The molecule has 1 aliphatic heterocycles. The Hall–Kier alpha value is -4.48. The number of aromatic hydroxyl groups is 1. The number of anilines is 1. The fraction of sp³-hybridized carbons (Fsp3) is 0.133. The van der Waals surface area contributed by atoms with Crippen molar-refractivity contribution >= 4 is 46.0 Å². The lowest BCUT2D eigenvalue weighted by atomic mass is 9.95. The van der Waals surface area contributed by atoms with Gasteiger partial charge >= 0.3 is 0 Å². The number of amides is 1. The maximum absolute atomic E-state index is 14.1. The topological polar surface area (TPSA) is 113 Å². The van der Waals surface area contributed by atoms with Crippen LogP contribution in [-0.4, -0.2) is 38.7 Å². The summed E-state index contributed by atoms with van der Waals surface area (Å²) in [6.45, 7) is 2.03. The zero-order chi connectivity index (χ0) is 28.9. The molecule has 2 heterocycles. The number of rotatable bonds is 10. The number of phenols is 1. The molecule has 0 radical (unpaired) electrons. The lowest BCUT2D eigenvalue weighted by Crippen LogP contribution is -2.30. The van der Waals surface area contributed by atoms with Gasteiger partial charge in [0.05, 0.1) is 18.2 Å². The van der Waals surface area contributed by atoms with E-state index in [0.717, 1.165) is 16.9 Å². The minimum Gasteiger partial charge on any atom is -0.504 e. The highest BCUT2D eigenvalue weighted by molar-refractivity contribution is 8.00. The Morgan fingerprint density at radius 3 is 2.61 bits per heavy atom. The summed E-state index contributed by atoms with van der Waals surface area (Å²) in [6.07, 6.45) is 2.89. The molecule has 0 saturated carbocycles. The summed E-state index contributed by atoms with van der Waals surface area (Å²) < 4.78 is 20.1. The highest BCUT2D eigenvalue weighted by atomic mass is 32.2. The monoisotopic (exact) mass is 589 g/mol. The van der Waals surface area contributed by atoms with Crippen LogP contribution in [0.3, 0.4) is 0 Å². The standard InChI is InChI=1S/C30H24FN3O5S2/c1-2-39-24-16-19(13-15-22(24)35)26-25(23(36)14-12-18-8-4-3-5-9-18)27(37)28(38)34(26)29-32-33-30(41-29)40-17-20-10-6-7-11-21(20)31/h3-16,26,35,37H,2,17H2,1H3/b14-12+. The van der Waals surface area contributed by atoms with Crippen molar-refractivity contribution in [3.05, 3.63) is 113 Å². The predicted octanol–water partition coefficient (Wildman–Crippen LogP) is 6.26. The Morgan fingerprint density at radius 2 is 1.85 bits per heavy atom. The van der Waals surface area contributed by atoms with Gasteiger partial charge in [0.1, 0.15) is 5.82 Å². The Balaban J connectivity index is 1.50. The molecule has 11 heteroatoms. The predicted molar refractivity (Wildman–Crippen MR) is 156 cm³/mol. The molecular formula is C30H24FN3O5S2. The maximum Gasteiger partial charge on any atom is 0.296 e. The van der Waals surface area contributed by atoms with E-state index in [2.05, 4.69) is 10.2 Å². The van der Waals surface area contributed by atoms with E-state index >= 15 is 0 Å². The van der Waals surface area contributed by atoms with Crippen molar-refractivity contribution in [2.24, 2.45) is 0 Å². The minimum absolute atomic E-state index is 0.112. The average Bonchev–Trinajstić information content (AvgIpc) is 3.55. The van der Waals surface area contributed by atoms with Gasteiger partial charge < -0.3 is 14.9 Å². The van der Waals surface area contributed by atoms with Crippen molar-refractivity contribution in [3.8, 4) is 11.5 Å². The highest BCUT2D eigenvalue weighted by Crippen LogP contribution is 2.45. The zero-order valence-corrected chi connectivity index (χ0v) is 23.4. The number of aliphatic hydroxyl groups is 1. The number of hydrogen-bond acceptors (Lipinski definition) is 9. The summed E-state index contributed by atoms with van der Waals surface area (Å²) in [7, 11) is 0. The third-order valence-electron chi connectivity index (χ3n) is 6.21. The number of aliphatic hydroxyl groups excluding tert-OH is 1. The van der Waals surface area contributed by atoms with Gasteiger partial charge in [0.2, 0.25) is 5.13 Å². The zero-order valence-electron chi connectivity index (χ0n) is 21.7. The first-order valence-electron chi connectivity index (χ1n) is 12.6. The van der Waals surface area contributed by atoms with E-state index in [-0.39, 0.29) is 34.6 Å². The van der Waals surface area contributed by atoms with Crippen molar-refractivity contribution < 1.29 is 28.9 Å². The van der Waals surface area contributed by atoms with Crippen LogP contribution in [0, 0.1) is 5.82 Å². The van der Waals surface area contributed by atoms with Gasteiger partial charge in [-0.1, -0.05) is 83.8 Å². The van der Waals surface area contributed by atoms with Crippen LogP contribution in [0.2, 0.25) is 0 Å². The molecule has 0 aliphatic carbocycles. The molecule has 0 saturated heterocycles. The molecule has 0 fully saturated rings.